The Morgan fingerprint density at radius 3 is 2.71 bits per heavy atom. The van der Waals surface area contributed by atoms with Crippen molar-refractivity contribution in [2.45, 2.75) is 26.2 Å². The molecule has 0 amide bonds. The van der Waals surface area contributed by atoms with Crippen LogP contribution in [-0.4, -0.2) is 13.7 Å². The predicted octanol–water partition coefficient (Wildman–Crippen LogP) is 2.29. The van der Waals surface area contributed by atoms with Crippen LogP contribution in [0.15, 0.2) is 18.2 Å². The molecule has 1 aromatic carbocycles. The standard InChI is InChI=1S/C12H19NO/c1-10-11(6-3-4-9-13)7-5-8-12(10)14-2/h5,7-8H,3-4,6,9,13H2,1-2H3. The van der Waals surface area contributed by atoms with E-state index in [9.17, 15) is 0 Å². The number of aryl methyl sites for hydroxylation is 1. The molecule has 2 heteroatoms. The third-order valence-electron chi connectivity index (χ3n) is 2.52. The van der Waals surface area contributed by atoms with Gasteiger partial charge in [0.05, 0.1) is 7.11 Å². The number of benzene rings is 1. The summed E-state index contributed by atoms with van der Waals surface area (Å²) in [6.07, 6.45) is 3.35. The molecule has 0 saturated heterocycles. The van der Waals surface area contributed by atoms with E-state index < -0.39 is 0 Å². The number of hydrogen-bond donors (Lipinski definition) is 1. The van der Waals surface area contributed by atoms with Gasteiger partial charge in [-0.15, -0.1) is 0 Å². The molecule has 14 heavy (non-hydrogen) atoms. The molecular weight excluding hydrogens is 174 g/mol. The van der Waals surface area contributed by atoms with E-state index in [1.54, 1.807) is 7.11 Å². The first-order valence-corrected chi connectivity index (χ1v) is 5.12. The zero-order chi connectivity index (χ0) is 10.4. The summed E-state index contributed by atoms with van der Waals surface area (Å²) in [5.41, 5.74) is 8.09. The van der Waals surface area contributed by atoms with Crippen molar-refractivity contribution in [2.24, 2.45) is 5.73 Å². The minimum absolute atomic E-state index is 0.781. The molecule has 0 unspecified atom stereocenters. The average Bonchev–Trinajstić information content (AvgIpc) is 2.21. The minimum atomic E-state index is 0.781. The predicted molar refractivity (Wildman–Crippen MR) is 59.7 cm³/mol. The Labute approximate surface area is 86.1 Å². The molecule has 0 fully saturated rings. The van der Waals surface area contributed by atoms with Gasteiger partial charge < -0.3 is 10.5 Å². The van der Waals surface area contributed by atoms with Crippen LogP contribution in [0.1, 0.15) is 24.0 Å². The number of hydrogen-bond acceptors (Lipinski definition) is 2. The summed E-state index contributed by atoms with van der Waals surface area (Å²) in [5, 5.41) is 0. The van der Waals surface area contributed by atoms with Crippen molar-refractivity contribution < 1.29 is 4.74 Å². The fourth-order valence-electron chi connectivity index (χ4n) is 1.61. The van der Waals surface area contributed by atoms with E-state index in [4.69, 9.17) is 10.5 Å². The monoisotopic (exact) mass is 193 g/mol. The zero-order valence-electron chi connectivity index (χ0n) is 9.05. The number of ether oxygens (including phenoxy) is 1. The third-order valence-corrected chi connectivity index (χ3v) is 2.52. The van der Waals surface area contributed by atoms with Gasteiger partial charge in [0.1, 0.15) is 5.75 Å². The van der Waals surface area contributed by atoms with Gasteiger partial charge in [0, 0.05) is 0 Å². The maximum atomic E-state index is 5.46. The highest BCUT2D eigenvalue weighted by molar-refractivity contribution is 5.39. The molecule has 0 aliphatic carbocycles. The fourth-order valence-corrected chi connectivity index (χ4v) is 1.61. The number of unbranched alkanes of at least 4 members (excludes halogenated alkanes) is 1. The number of methoxy groups -OCH3 is 1. The molecule has 1 aromatic rings. The lowest BCUT2D eigenvalue weighted by atomic mass is 10.0. The molecule has 1 rings (SSSR count). The number of rotatable bonds is 5. The number of nitrogens with two attached hydrogens (primary N) is 1. The van der Waals surface area contributed by atoms with E-state index in [2.05, 4.69) is 13.0 Å². The summed E-state index contributed by atoms with van der Waals surface area (Å²) in [6, 6.07) is 6.21. The van der Waals surface area contributed by atoms with Crippen molar-refractivity contribution in [1.82, 2.24) is 0 Å². The lowest BCUT2D eigenvalue weighted by molar-refractivity contribution is 0.411. The molecular formula is C12H19NO. The molecule has 2 N–H and O–H groups in total. The largest absolute Gasteiger partial charge is 0.496 e. The van der Waals surface area contributed by atoms with Gasteiger partial charge >= 0.3 is 0 Å². The van der Waals surface area contributed by atoms with Crippen molar-refractivity contribution in [3.8, 4) is 5.75 Å². The fraction of sp³-hybridized carbons (Fsp3) is 0.500. The van der Waals surface area contributed by atoms with Gasteiger partial charge in [0.15, 0.2) is 0 Å². The lowest BCUT2D eigenvalue weighted by Gasteiger charge is -2.09. The summed E-state index contributed by atoms with van der Waals surface area (Å²) in [6.45, 7) is 2.89. The Morgan fingerprint density at radius 2 is 2.07 bits per heavy atom. The molecule has 2 nitrogen and oxygen atoms in total. The summed E-state index contributed by atoms with van der Waals surface area (Å²) in [5.74, 6) is 0.982. The second kappa shape index (κ2) is 5.66. The molecule has 0 heterocycles. The highest BCUT2D eigenvalue weighted by Crippen LogP contribution is 2.21. The summed E-state index contributed by atoms with van der Waals surface area (Å²) in [4.78, 5) is 0. The zero-order valence-corrected chi connectivity index (χ0v) is 9.05. The second-order valence-electron chi connectivity index (χ2n) is 3.49. The van der Waals surface area contributed by atoms with Crippen molar-refractivity contribution in [2.75, 3.05) is 13.7 Å². The molecule has 78 valence electrons. The molecule has 0 spiro atoms. The molecule has 0 radical (unpaired) electrons. The summed E-state index contributed by atoms with van der Waals surface area (Å²) in [7, 11) is 1.71. The molecule has 0 saturated carbocycles. The quantitative estimate of drug-likeness (QED) is 0.728. The molecule has 0 bridgehead atoms. The maximum absolute atomic E-state index is 5.46. The van der Waals surface area contributed by atoms with E-state index >= 15 is 0 Å². The highest BCUT2D eigenvalue weighted by atomic mass is 16.5. The van der Waals surface area contributed by atoms with Gasteiger partial charge in [0.25, 0.3) is 0 Å². The highest BCUT2D eigenvalue weighted by Gasteiger charge is 2.02. The molecule has 0 aliphatic heterocycles. The van der Waals surface area contributed by atoms with Gasteiger partial charge in [-0.25, -0.2) is 0 Å². The average molecular weight is 193 g/mol. The Hall–Kier alpha value is -1.02. The van der Waals surface area contributed by atoms with Gasteiger partial charge in [0.2, 0.25) is 0 Å². The smallest absolute Gasteiger partial charge is 0.122 e. The minimum Gasteiger partial charge on any atom is -0.496 e. The van der Waals surface area contributed by atoms with Crippen molar-refractivity contribution in [3.05, 3.63) is 29.3 Å². The van der Waals surface area contributed by atoms with Crippen LogP contribution >= 0.6 is 0 Å². The van der Waals surface area contributed by atoms with Crippen molar-refractivity contribution in [3.63, 3.8) is 0 Å². The SMILES string of the molecule is COc1cccc(CCCCN)c1C. The van der Waals surface area contributed by atoms with Crippen LogP contribution in [0.25, 0.3) is 0 Å². The topological polar surface area (TPSA) is 35.2 Å². The van der Waals surface area contributed by atoms with E-state index in [1.165, 1.54) is 11.1 Å². The van der Waals surface area contributed by atoms with Crippen LogP contribution < -0.4 is 10.5 Å². The molecule has 0 aromatic heterocycles. The van der Waals surface area contributed by atoms with Gasteiger partial charge in [-0.1, -0.05) is 12.1 Å². The van der Waals surface area contributed by atoms with E-state index in [0.29, 0.717) is 0 Å². The van der Waals surface area contributed by atoms with Gasteiger partial charge in [-0.2, -0.15) is 0 Å². The van der Waals surface area contributed by atoms with Crippen LogP contribution in [0, 0.1) is 6.92 Å². The lowest BCUT2D eigenvalue weighted by Crippen LogP contribution is -2.00. The summed E-state index contributed by atoms with van der Waals surface area (Å²) >= 11 is 0. The van der Waals surface area contributed by atoms with Crippen molar-refractivity contribution in [1.29, 1.82) is 0 Å². The molecule has 0 atom stereocenters. The van der Waals surface area contributed by atoms with Crippen LogP contribution in [0.3, 0.4) is 0 Å². The Kier molecular flexibility index (Phi) is 4.47. The summed E-state index contributed by atoms with van der Waals surface area (Å²) < 4.78 is 5.27. The third kappa shape index (κ3) is 2.74. The Morgan fingerprint density at radius 1 is 1.29 bits per heavy atom. The van der Waals surface area contributed by atoms with Gasteiger partial charge in [-0.05, 0) is 49.9 Å². The van der Waals surface area contributed by atoms with E-state index in [0.717, 1.165) is 31.6 Å². The van der Waals surface area contributed by atoms with E-state index in [1.807, 2.05) is 12.1 Å². The first kappa shape index (κ1) is 11.1. The van der Waals surface area contributed by atoms with E-state index in [-0.39, 0.29) is 0 Å². The normalized spacial score (nSPS) is 10.2. The van der Waals surface area contributed by atoms with Crippen LogP contribution in [0.2, 0.25) is 0 Å². The van der Waals surface area contributed by atoms with Crippen LogP contribution in [0.4, 0.5) is 0 Å². The van der Waals surface area contributed by atoms with Crippen LogP contribution in [-0.2, 0) is 6.42 Å². The first-order chi connectivity index (χ1) is 6.79. The Balaban J connectivity index is 2.66. The first-order valence-electron chi connectivity index (χ1n) is 5.12. The maximum Gasteiger partial charge on any atom is 0.122 e. The van der Waals surface area contributed by atoms with Crippen molar-refractivity contribution >= 4 is 0 Å². The Bertz CT molecular complexity index is 284. The van der Waals surface area contributed by atoms with Crippen LogP contribution in [0.5, 0.6) is 5.75 Å². The van der Waals surface area contributed by atoms with Gasteiger partial charge in [-0.3, -0.25) is 0 Å². The second-order valence-corrected chi connectivity index (χ2v) is 3.49. The molecule has 0 aliphatic rings.